The molecule has 1 aromatic rings. The maximum atomic E-state index is 3.96. The lowest BCUT2D eigenvalue weighted by atomic mass is 10.0. The van der Waals surface area contributed by atoms with Gasteiger partial charge in [-0.1, -0.05) is 21.1 Å². The lowest BCUT2D eigenvalue weighted by Crippen LogP contribution is -2.43. The average Bonchev–Trinajstić information content (AvgIpc) is 2.60. The van der Waals surface area contributed by atoms with E-state index in [1.807, 2.05) is 17.9 Å². The molecule has 1 aromatic heterocycles. The van der Waals surface area contributed by atoms with Gasteiger partial charge in [-0.05, 0) is 20.3 Å². The number of halogens is 1. The van der Waals surface area contributed by atoms with Crippen molar-refractivity contribution >= 4 is 21.7 Å². The summed E-state index contributed by atoms with van der Waals surface area (Å²) in [5, 5.41) is 7.87. The molecular weight excluding hydrogens is 244 g/mol. The van der Waals surface area contributed by atoms with Crippen LogP contribution in [-0.4, -0.2) is 31.9 Å². The van der Waals surface area contributed by atoms with Crippen molar-refractivity contribution in [2.45, 2.75) is 30.6 Å². The van der Waals surface area contributed by atoms with E-state index in [1.54, 1.807) is 0 Å². The van der Waals surface area contributed by atoms with Crippen molar-refractivity contribution in [3.63, 3.8) is 0 Å². The summed E-state index contributed by atoms with van der Waals surface area (Å²) in [6, 6.07) is 0. The summed E-state index contributed by atoms with van der Waals surface area (Å²) in [6.45, 7) is 5.54. The van der Waals surface area contributed by atoms with Gasteiger partial charge in [0.15, 0.2) is 0 Å². The highest BCUT2D eigenvalue weighted by Gasteiger charge is 2.40. The van der Waals surface area contributed by atoms with E-state index >= 15 is 0 Å². The van der Waals surface area contributed by atoms with E-state index < -0.39 is 0 Å². The third-order valence-electron chi connectivity index (χ3n) is 3.04. The zero-order valence-electron chi connectivity index (χ0n) is 8.74. The largest absolute Gasteiger partial charge is 0.349 e. The fourth-order valence-corrected chi connectivity index (χ4v) is 2.44. The zero-order valence-corrected chi connectivity index (χ0v) is 10.3. The molecule has 0 radical (unpaired) electrons. The van der Waals surface area contributed by atoms with Gasteiger partial charge in [-0.2, -0.15) is 0 Å². The molecule has 5 heteroatoms. The first-order valence-electron chi connectivity index (χ1n) is 4.80. The van der Waals surface area contributed by atoms with E-state index in [0.29, 0.717) is 4.83 Å². The molecule has 0 aromatic carbocycles. The summed E-state index contributed by atoms with van der Waals surface area (Å²) in [5.41, 5.74) is 0.134. The molecular formula is C9H15BrN4. The lowest BCUT2D eigenvalue weighted by Gasteiger charge is -2.34. The van der Waals surface area contributed by atoms with Crippen molar-refractivity contribution in [1.82, 2.24) is 15.0 Å². The van der Waals surface area contributed by atoms with Gasteiger partial charge in [-0.25, -0.2) is 4.68 Å². The first kappa shape index (κ1) is 9.96. The zero-order chi connectivity index (χ0) is 10.3. The molecule has 1 fully saturated rings. The molecule has 0 N–H and O–H groups in total. The van der Waals surface area contributed by atoms with Crippen LogP contribution in [0.2, 0.25) is 0 Å². The van der Waals surface area contributed by atoms with Crippen molar-refractivity contribution in [3.05, 3.63) is 6.20 Å². The predicted molar refractivity (Wildman–Crippen MR) is 59.8 cm³/mol. The van der Waals surface area contributed by atoms with Crippen molar-refractivity contribution in [2.24, 2.45) is 7.05 Å². The third-order valence-corrected chi connectivity index (χ3v) is 4.61. The minimum atomic E-state index is 0.134. The first-order valence-corrected chi connectivity index (χ1v) is 5.71. The molecule has 1 saturated heterocycles. The molecule has 2 heterocycles. The smallest absolute Gasteiger partial charge is 0.147 e. The van der Waals surface area contributed by atoms with Gasteiger partial charge in [-0.3, -0.25) is 0 Å². The van der Waals surface area contributed by atoms with Crippen molar-refractivity contribution < 1.29 is 0 Å². The van der Waals surface area contributed by atoms with Gasteiger partial charge >= 0.3 is 0 Å². The minimum absolute atomic E-state index is 0.134. The van der Waals surface area contributed by atoms with Gasteiger partial charge in [-0.15, -0.1) is 5.10 Å². The van der Waals surface area contributed by atoms with Crippen LogP contribution in [0.3, 0.4) is 0 Å². The second-order valence-corrected chi connectivity index (χ2v) is 5.38. The van der Waals surface area contributed by atoms with Crippen LogP contribution in [0.25, 0.3) is 0 Å². The summed E-state index contributed by atoms with van der Waals surface area (Å²) < 4.78 is 1.83. The van der Waals surface area contributed by atoms with E-state index in [2.05, 4.69) is 45.0 Å². The lowest BCUT2D eigenvalue weighted by molar-refractivity contribution is 0.520. The molecule has 0 bridgehead atoms. The highest BCUT2D eigenvalue weighted by Crippen LogP contribution is 2.37. The average molecular weight is 259 g/mol. The molecule has 0 amide bonds. The van der Waals surface area contributed by atoms with E-state index in [9.17, 15) is 0 Å². The first-order chi connectivity index (χ1) is 6.53. The Labute approximate surface area is 92.4 Å². The van der Waals surface area contributed by atoms with Crippen LogP contribution in [0.1, 0.15) is 20.3 Å². The second-order valence-electron chi connectivity index (χ2n) is 4.28. The maximum absolute atomic E-state index is 3.96. The molecule has 1 atom stereocenters. The standard InChI is InChI=1S/C9H15BrN4/c1-9(2)7(10)4-5-14(9)8-6-11-12-13(8)3/h6-7H,4-5H2,1-3H3. The van der Waals surface area contributed by atoms with Gasteiger partial charge < -0.3 is 4.90 Å². The Morgan fingerprint density at radius 1 is 1.57 bits per heavy atom. The molecule has 0 spiro atoms. The van der Waals surface area contributed by atoms with Gasteiger partial charge in [0, 0.05) is 24.0 Å². The Hall–Kier alpha value is -0.580. The Kier molecular flexibility index (Phi) is 2.29. The SMILES string of the molecule is Cn1nncc1N1CCC(Br)C1(C)C. The Morgan fingerprint density at radius 2 is 2.29 bits per heavy atom. The number of aryl methyl sites for hydroxylation is 1. The Balaban J connectivity index is 2.33. The topological polar surface area (TPSA) is 34.0 Å². The normalized spacial score (nSPS) is 25.7. The summed E-state index contributed by atoms with van der Waals surface area (Å²) in [6.07, 6.45) is 2.99. The predicted octanol–water partition coefficient (Wildman–Crippen LogP) is 1.57. The summed E-state index contributed by atoms with van der Waals surface area (Å²) >= 11 is 3.72. The van der Waals surface area contributed by atoms with Crippen LogP contribution in [0.5, 0.6) is 0 Å². The van der Waals surface area contributed by atoms with Crippen LogP contribution in [0.15, 0.2) is 6.20 Å². The molecule has 1 aliphatic heterocycles. The third kappa shape index (κ3) is 1.34. The molecule has 2 rings (SSSR count). The number of nitrogens with zero attached hydrogens (tertiary/aromatic N) is 4. The molecule has 0 saturated carbocycles. The van der Waals surface area contributed by atoms with Crippen LogP contribution < -0.4 is 4.90 Å². The molecule has 1 unspecified atom stereocenters. The molecule has 1 aliphatic rings. The fourth-order valence-electron chi connectivity index (χ4n) is 1.99. The number of hydrogen-bond donors (Lipinski definition) is 0. The quantitative estimate of drug-likeness (QED) is 0.718. The minimum Gasteiger partial charge on any atom is -0.349 e. The van der Waals surface area contributed by atoms with Crippen molar-refractivity contribution in [1.29, 1.82) is 0 Å². The molecule has 14 heavy (non-hydrogen) atoms. The van der Waals surface area contributed by atoms with E-state index in [1.165, 1.54) is 0 Å². The number of hydrogen-bond acceptors (Lipinski definition) is 3. The molecule has 78 valence electrons. The van der Waals surface area contributed by atoms with Gasteiger partial charge in [0.1, 0.15) is 5.82 Å². The second kappa shape index (κ2) is 3.22. The summed E-state index contributed by atoms with van der Waals surface area (Å²) in [4.78, 5) is 2.89. The summed E-state index contributed by atoms with van der Waals surface area (Å²) in [5.74, 6) is 1.09. The van der Waals surface area contributed by atoms with Crippen molar-refractivity contribution in [3.8, 4) is 0 Å². The number of aromatic nitrogens is 3. The number of rotatable bonds is 1. The van der Waals surface area contributed by atoms with Gasteiger partial charge in [0.2, 0.25) is 0 Å². The van der Waals surface area contributed by atoms with E-state index in [4.69, 9.17) is 0 Å². The molecule has 4 nitrogen and oxygen atoms in total. The van der Waals surface area contributed by atoms with Gasteiger partial charge in [0.05, 0.1) is 6.20 Å². The summed E-state index contributed by atoms with van der Waals surface area (Å²) in [7, 11) is 1.93. The van der Waals surface area contributed by atoms with Crippen LogP contribution in [-0.2, 0) is 7.05 Å². The number of alkyl halides is 1. The maximum Gasteiger partial charge on any atom is 0.147 e. The monoisotopic (exact) mass is 258 g/mol. The van der Waals surface area contributed by atoms with Gasteiger partial charge in [0.25, 0.3) is 0 Å². The highest BCUT2D eigenvalue weighted by atomic mass is 79.9. The van der Waals surface area contributed by atoms with Crippen LogP contribution in [0.4, 0.5) is 5.82 Å². The highest BCUT2D eigenvalue weighted by molar-refractivity contribution is 9.09. The Bertz CT molecular complexity index is 333. The van der Waals surface area contributed by atoms with Crippen LogP contribution in [0, 0.1) is 0 Å². The van der Waals surface area contributed by atoms with Crippen LogP contribution >= 0.6 is 15.9 Å². The van der Waals surface area contributed by atoms with Crippen molar-refractivity contribution in [2.75, 3.05) is 11.4 Å². The number of anilines is 1. The van der Waals surface area contributed by atoms with E-state index in [0.717, 1.165) is 18.8 Å². The van der Waals surface area contributed by atoms with E-state index in [-0.39, 0.29) is 5.54 Å². The fraction of sp³-hybridized carbons (Fsp3) is 0.778. The molecule has 0 aliphatic carbocycles. The Morgan fingerprint density at radius 3 is 2.71 bits per heavy atom.